The topological polar surface area (TPSA) is 57.6 Å². The molecule has 1 aromatic rings. The van der Waals surface area contributed by atoms with Crippen molar-refractivity contribution in [1.29, 1.82) is 0 Å². The second-order valence-electron chi connectivity index (χ2n) is 6.93. The quantitative estimate of drug-likeness (QED) is 0.930. The fourth-order valence-corrected chi connectivity index (χ4v) is 5.98. The van der Waals surface area contributed by atoms with Gasteiger partial charge in [-0.1, -0.05) is 17.7 Å². The summed E-state index contributed by atoms with van der Waals surface area (Å²) in [6, 6.07) is 3.84. The van der Waals surface area contributed by atoms with Gasteiger partial charge in [0.05, 0.1) is 11.0 Å². The molecule has 1 aromatic carbocycles. The van der Waals surface area contributed by atoms with Crippen molar-refractivity contribution in [2.45, 2.75) is 63.5 Å². The summed E-state index contributed by atoms with van der Waals surface area (Å²) in [4.78, 5) is 0.458. The summed E-state index contributed by atoms with van der Waals surface area (Å²) < 4.78 is 28.1. The number of nitrogens with zero attached hydrogens (tertiary/aromatic N) is 1. The first kappa shape index (κ1) is 16.0. The molecule has 5 heteroatoms. The Morgan fingerprint density at radius 3 is 2.23 bits per heavy atom. The summed E-state index contributed by atoms with van der Waals surface area (Å²) in [5.41, 5.74) is 2.72. The number of benzene rings is 1. The number of aliphatic hydroxyl groups is 1. The van der Waals surface area contributed by atoms with E-state index in [2.05, 4.69) is 0 Å². The molecule has 1 saturated carbocycles. The zero-order valence-corrected chi connectivity index (χ0v) is 14.4. The number of aryl methyl sites for hydroxylation is 3. The maximum atomic E-state index is 13.2. The largest absolute Gasteiger partial charge is 0.393 e. The Hall–Kier alpha value is -0.910. The lowest BCUT2D eigenvalue weighted by molar-refractivity contribution is 0.0735. The summed E-state index contributed by atoms with van der Waals surface area (Å²) in [6.07, 6.45) is 2.91. The van der Waals surface area contributed by atoms with Crippen molar-refractivity contribution in [3.05, 3.63) is 28.8 Å². The third-order valence-electron chi connectivity index (χ3n) is 4.90. The fraction of sp³-hybridized carbons (Fsp3) is 0.647. The van der Waals surface area contributed by atoms with Gasteiger partial charge < -0.3 is 5.11 Å². The van der Waals surface area contributed by atoms with Crippen molar-refractivity contribution >= 4 is 10.0 Å². The lowest BCUT2D eigenvalue weighted by Crippen LogP contribution is -2.48. The second-order valence-corrected chi connectivity index (χ2v) is 8.75. The van der Waals surface area contributed by atoms with Gasteiger partial charge in [-0.05, 0) is 63.5 Å². The van der Waals surface area contributed by atoms with E-state index in [1.54, 1.807) is 4.31 Å². The highest BCUT2D eigenvalue weighted by Crippen LogP contribution is 2.42. The average molecular weight is 323 g/mol. The summed E-state index contributed by atoms with van der Waals surface area (Å²) >= 11 is 0. The van der Waals surface area contributed by atoms with Crippen LogP contribution in [-0.4, -0.2) is 36.5 Å². The molecule has 1 N–H and O–H groups in total. The van der Waals surface area contributed by atoms with Crippen molar-refractivity contribution < 1.29 is 13.5 Å². The smallest absolute Gasteiger partial charge is 0.243 e. The highest BCUT2D eigenvalue weighted by Gasteiger charge is 2.44. The van der Waals surface area contributed by atoms with E-state index in [1.807, 2.05) is 32.9 Å². The molecule has 22 heavy (non-hydrogen) atoms. The predicted octanol–water partition coefficient (Wildman–Crippen LogP) is 2.54. The molecular formula is C17H25NO3S. The van der Waals surface area contributed by atoms with Gasteiger partial charge in [0.25, 0.3) is 0 Å². The lowest BCUT2D eigenvalue weighted by Gasteiger charge is -2.37. The van der Waals surface area contributed by atoms with Gasteiger partial charge in [-0.25, -0.2) is 8.42 Å². The summed E-state index contributed by atoms with van der Waals surface area (Å²) in [5.74, 6) is 0.427. The van der Waals surface area contributed by atoms with Crippen molar-refractivity contribution in [2.24, 2.45) is 5.92 Å². The van der Waals surface area contributed by atoms with Crippen LogP contribution in [-0.2, 0) is 10.0 Å². The van der Waals surface area contributed by atoms with Crippen LogP contribution in [0.4, 0.5) is 0 Å². The summed E-state index contributed by atoms with van der Waals surface area (Å²) in [7, 11) is -3.50. The standard InChI is InChI=1S/C17H25NO3S/c1-11-8-12(2)17(13(3)9-11)22(20,21)18-7-6-15(19)10-16(18)14-4-5-14/h8-9,14-16,19H,4-7,10H2,1-3H3/t15-,16+/m0/s1. The normalized spacial score (nSPS) is 27.1. The van der Waals surface area contributed by atoms with E-state index in [9.17, 15) is 13.5 Å². The van der Waals surface area contributed by atoms with Crippen LogP contribution in [0.2, 0.25) is 0 Å². The molecule has 2 aliphatic rings. The van der Waals surface area contributed by atoms with Crippen LogP contribution in [0.25, 0.3) is 0 Å². The molecule has 1 heterocycles. The number of hydrogen-bond acceptors (Lipinski definition) is 3. The van der Waals surface area contributed by atoms with Crippen molar-refractivity contribution in [1.82, 2.24) is 4.31 Å². The van der Waals surface area contributed by atoms with Gasteiger partial charge in [-0.3, -0.25) is 0 Å². The number of piperidine rings is 1. The maximum Gasteiger partial charge on any atom is 0.243 e. The fourth-order valence-electron chi connectivity index (χ4n) is 3.85. The predicted molar refractivity (Wildman–Crippen MR) is 86.3 cm³/mol. The Morgan fingerprint density at radius 2 is 1.68 bits per heavy atom. The third-order valence-corrected chi connectivity index (χ3v) is 7.13. The van der Waals surface area contributed by atoms with Crippen LogP contribution in [0.15, 0.2) is 17.0 Å². The molecule has 2 atom stereocenters. The van der Waals surface area contributed by atoms with Crippen LogP contribution >= 0.6 is 0 Å². The minimum Gasteiger partial charge on any atom is -0.393 e. The molecule has 122 valence electrons. The molecule has 1 aliphatic heterocycles. The van der Waals surface area contributed by atoms with Gasteiger partial charge >= 0.3 is 0 Å². The molecule has 1 saturated heterocycles. The zero-order valence-electron chi connectivity index (χ0n) is 13.5. The van der Waals surface area contributed by atoms with Crippen molar-refractivity contribution in [3.8, 4) is 0 Å². The molecule has 1 aliphatic carbocycles. The minimum atomic E-state index is -3.50. The molecule has 4 nitrogen and oxygen atoms in total. The van der Waals surface area contributed by atoms with E-state index in [0.717, 1.165) is 29.5 Å². The number of rotatable bonds is 3. The maximum absolute atomic E-state index is 13.2. The number of hydrogen-bond donors (Lipinski definition) is 1. The van der Waals surface area contributed by atoms with E-state index in [4.69, 9.17) is 0 Å². The van der Waals surface area contributed by atoms with Gasteiger partial charge in [-0.15, -0.1) is 0 Å². The Balaban J connectivity index is 2.02. The van der Waals surface area contributed by atoms with Crippen molar-refractivity contribution in [3.63, 3.8) is 0 Å². The average Bonchev–Trinajstić information content (AvgIpc) is 3.20. The SMILES string of the molecule is Cc1cc(C)c(S(=O)(=O)N2CC[C@H](O)C[C@@H]2C2CC2)c(C)c1. The van der Waals surface area contributed by atoms with Gasteiger partial charge in [-0.2, -0.15) is 4.31 Å². The van der Waals surface area contributed by atoms with E-state index >= 15 is 0 Å². The summed E-state index contributed by atoms with van der Waals surface area (Å²) in [6.45, 7) is 6.16. The van der Waals surface area contributed by atoms with E-state index in [-0.39, 0.29) is 12.1 Å². The van der Waals surface area contributed by atoms with E-state index in [0.29, 0.717) is 30.2 Å². The van der Waals surface area contributed by atoms with Gasteiger partial charge in [0.2, 0.25) is 10.0 Å². The van der Waals surface area contributed by atoms with Gasteiger partial charge in [0.15, 0.2) is 0 Å². The van der Waals surface area contributed by atoms with Crippen molar-refractivity contribution in [2.75, 3.05) is 6.54 Å². The first-order chi connectivity index (χ1) is 10.3. The van der Waals surface area contributed by atoms with E-state index in [1.165, 1.54) is 0 Å². The van der Waals surface area contributed by atoms with Gasteiger partial charge in [0, 0.05) is 12.6 Å². The van der Waals surface area contributed by atoms with Crippen LogP contribution in [0, 0.1) is 26.7 Å². The van der Waals surface area contributed by atoms with Crippen LogP contribution in [0.1, 0.15) is 42.4 Å². The highest BCUT2D eigenvalue weighted by molar-refractivity contribution is 7.89. The molecule has 0 spiro atoms. The monoisotopic (exact) mass is 323 g/mol. The Morgan fingerprint density at radius 1 is 1.09 bits per heavy atom. The summed E-state index contributed by atoms with van der Waals surface area (Å²) in [5, 5.41) is 9.93. The molecule has 0 unspecified atom stereocenters. The number of sulfonamides is 1. The first-order valence-corrected chi connectivity index (χ1v) is 9.52. The highest BCUT2D eigenvalue weighted by atomic mass is 32.2. The van der Waals surface area contributed by atoms with Crippen LogP contribution < -0.4 is 0 Å². The third kappa shape index (κ3) is 2.82. The Labute approximate surface area is 133 Å². The first-order valence-electron chi connectivity index (χ1n) is 8.08. The minimum absolute atomic E-state index is 0.0335. The lowest BCUT2D eigenvalue weighted by atomic mass is 9.98. The molecule has 0 amide bonds. The Kier molecular flexibility index (Phi) is 4.08. The molecule has 2 fully saturated rings. The molecule has 0 radical (unpaired) electrons. The second kappa shape index (κ2) is 5.62. The zero-order chi connectivity index (χ0) is 16.1. The molecule has 0 aromatic heterocycles. The van der Waals surface area contributed by atoms with Crippen LogP contribution in [0.3, 0.4) is 0 Å². The Bertz CT molecular complexity index is 656. The van der Waals surface area contributed by atoms with Gasteiger partial charge in [0.1, 0.15) is 0 Å². The van der Waals surface area contributed by atoms with Crippen LogP contribution in [0.5, 0.6) is 0 Å². The number of aliphatic hydroxyl groups excluding tert-OH is 1. The molecular weight excluding hydrogens is 298 g/mol. The molecule has 0 bridgehead atoms. The molecule has 3 rings (SSSR count). The van der Waals surface area contributed by atoms with E-state index < -0.39 is 10.0 Å².